The molecule has 2 aromatic rings. The first-order valence-corrected chi connectivity index (χ1v) is 10.00. The number of ether oxygens (including phenoxy) is 1. The fraction of sp³-hybridized carbons (Fsp3) is 0.455. The molecule has 148 valence electrons. The summed E-state index contributed by atoms with van der Waals surface area (Å²) in [7, 11) is 0. The van der Waals surface area contributed by atoms with Crippen LogP contribution in [-0.4, -0.2) is 48.6 Å². The highest BCUT2D eigenvalue weighted by molar-refractivity contribution is 5.94. The van der Waals surface area contributed by atoms with E-state index in [2.05, 4.69) is 10.3 Å². The van der Waals surface area contributed by atoms with Gasteiger partial charge in [0.05, 0.1) is 18.8 Å². The van der Waals surface area contributed by atoms with E-state index in [9.17, 15) is 9.18 Å². The molecular weight excluding hydrogens is 357 g/mol. The van der Waals surface area contributed by atoms with E-state index in [0.29, 0.717) is 44.2 Å². The molecule has 1 amide bonds. The summed E-state index contributed by atoms with van der Waals surface area (Å²) >= 11 is 0. The van der Waals surface area contributed by atoms with Crippen LogP contribution in [0.25, 0.3) is 0 Å². The molecule has 5 nitrogen and oxygen atoms in total. The molecule has 6 heteroatoms. The number of nitrogens with one attached hydrogen (secondary N) is 1. The number of amides is 1. The van der Waals surface area contributed by atoms with Crippen molar-refractivity contribution in [2.45, 2.75) is 31.1 Å². The van der Waals surface area contributed by atoms with Crippen LogP contribution in [0.15, 0.2) is 42.6 Å². The standard InChI is InChI=1S/C22H26FN3O2/c23-19-6-2-1-5-18(19)22(9-3-4-10-22)16-25-20-8-7-17(15-24-20)21(27)26-11-13-28-14-12-26/h1-2,5-8,15H,3-4,9-14,16H2,(H,24,25). The van der Waals surface area contributed by atoms with E-state index in [4.69, 9.17) is 4.74 Å². The summed E-state index contributed by atoms with van der Waals surface area (Å²) in [5.74, 6) is 0.563. The second-order valence-corrected chi connectivity index (χ2v) is 7.66. The molecule has 2 aliphatic rings. The van der Waals surface area contributed by atoms with Crippen LogP contribution in [0.2, 0.25) is 0 Å². The maximum absolute atomic E-state index is 14.4. The van der Waals surface area contributed by atoms with E-state index in [1.54, 1.807) is 29.3 Å². The fourth-order valence-electron chi connectivity index (χ4n) is 4.32. The first-order valence-electron chi connectivity index (χ1n) is 10.00. The average molecular weight is 383 g/mol. The lowest BCUT2D eigenvalue weighted by Crippen LogP contribution is -2.40. The van der Waals surface area contributed by atoms with Gasteiger partial charge in [-0.1, -0.05) is 31.0 Å². The Bertz CT molecular complexity index is 813. The number of morpholine rings is 1. The highest BCUT2D eigenvalue weighted by Crippen LogP contribution is 2.42. The third-order valence-electron chi connectivity index (χ3n) is 5.92. The summed E-state index contributed by atoms with van der Waals surface area (Å²) in [6.07, 6.45) is 5.76. The van der Waals surface area contributed by atoms with Gasteiger partial charge >= 0.3 is 0 Å². The number of anilines is 1. The van der Waals surface area contributed by atoms with E-state index < -0.39 is 0 Å². The molecule has 2 fully saturated rings. The smallest absolute Gasteiger partial charge is 0.255 e. The van der Waals surface area contributed by atoms with Gasteiger partial charge in [-0.15, -0.1) is 0 Å². The summed E-state index contributed by atoms with van der Waals surface area (Å²) in [5, 5.41) is 3.38. The molecule has 0 unspecified atom stereocenters. The van der Waals surface area contributed by atoms with Crippen LogP contribution in [-0.2, 0) is 10.2 Å². The summed E-state index contributed by atoms with van der Waals surface area (Å²) in [6.45, 7) is 3.03. The molecule has 1 aromatic carbocycles. The molecule has 1 aliphatic heterocycles. The van der Waals surface area contributed by atoms with Gasteiger partial charge in [-0.25, -0.2) is 9.37 Å². The van der Waals surface area contributed by atoms with Crippen LogP contribution in [0.3, 0.4) is 0 Å². The number of hydrogen-bond acceptors (Lipinski definition) is 4. The predicted molar refractivity (Wildman–Crippen MR) is 106 cm³/mol. The zero-order chi connectivity index (χ0) is 19.4. The molecule has 0 atom stereocenters. The van der Waals surface area contributed by atoms with Crippen molar-refractivity contribution in [2.24, 2.45) is 0 Å². The minimum atomic E-state index is -0.199. The number of benzene rings is 1. The second-order valence-electron chi connectivity index (χ2n) is 7.66. The lowest BCUT2D eigenvalue weighted by Gasteiger charge is -2.30. The molecule has 4 rings (SSSR count). The van der Waals surface area contributed by atoms with Gasteiger partial charge in [-0.2, -0.15) is 0 Å². The maximum Gasteiger partial charge on any atom is 0.255 e. The molecular formula is C22H26FN3O2. The van der Waals surface area contributed by atoms with Crippen LogP contribution in [0.1, 0.15) is 41.6 Å². The zero-order valence-electron chi connectivity index (χ0n) is 16.0. The summed E-state index contributed by atoms with van der Waals surface area (Å²) in [6, 6.07) is 10.7. The van der Waals surface area contributed by atoms with Gasteiger partial charge in [0, 0.05) is 31.2 Å². The Kier molecular flexibility index (Phi) is 5.57. The number of carbonyl (C=O) groups excluding carboxylic acids is 1. The van der Waals surface area contributed by atoms with Crippen LogP contribution in [0.4, 0.5) is 10.2 Å². The van der Waals surface area contributed by atoms with Crippen LogP contribution < -0.4 is 5.32 Å². The quantitative estimate of drug-likeness (QED) is 0.857. The topological polar surface area (TPSA) is 54.5 Å². The second kappa shape index (κ2) is 8.27. The number of pyridine rings is 1. The third-order valence-corrected chi connectivity index (χ3v) is 5.92. The number of aromatic nitrogens is 1. The van der Waals surface area contributed by atoms with E-state index in [1.807, 2.05) is 18.2 Å². The van der Waals surface area contributed by atoms with Gasteiger partial charge in [0.25, 0.3) is 5.91 Å². The van der Waals surface area contributed by atoms with Crippen molar-refractivity contribution in [2.75, 3.05) is 38.2 Å². The molecule has 1 saturated heterocycles. The molecule has 1 aliphatic carbocycles. The highest BCUT2D eigenvalue weighted by Gasteiger charge is 2.37. The Hall–Kier alpha value is -2.47. The average Bonchev–Trinajstić information content (AvgIpc) is 3.23. The summed E-state index contributed by atoms with van der Waals surface area (Å²) in [4.78, 5) is 18.7. The van der Waals surface area contributed by atoms with Crippen molar-refractivity contribution in [3.05, 3.63) is 59.5 Å². The van der Waals surface area contributed by atoms with Gasteiger partial charge < -0.3 is 15.0 Å². The fourth-order valence-corrected chi connectivity index (χ4v) is 4.32. The van der Waals surface area contributed by atoms with Gasteiger partial charge in [0.1, 0.15) is 11.6 Å². The number of rotatable bonds is 5. The van der Waals surface area contributed by atoms with Crippen molar-refractivity contribution in [1.82, 2.24) is 9.88 Å². The van der Waals surface area contributed by atoms with Crippen molar-refractivity contribution in [3.8, 4) is 0 Å². The third kappa shape index (κ3) is 3.87. The molecule has 1 aromatic heterocycles. The van der Waals surface area contributed by atoms with Crippen LogP contribution >= 0.6 is 0 Å². The van der Waals surface area contributed by atoms with Crippen LogP contribution in [0.5, 0.6) is 0 Å². The van der Waals surface area contributed by atoms with Crippen molar-refractivity contribution >= 4 is 11.7 Å². The monoisotopic (exact) mass is 383 g/mol. The van der Waals surface area contributed by atoms with Crippen molar-refractivity contribution < 1.29 is 13.9 Å². The number of hydrogen-bond donors (Lipinski definition) is 1. The number of halogens is 1. The molecule has 0 radical (unpaired) electrons. The number of carbonyl (C=O) groups is 1. The van der Waals surface area contributed by atoms with Crippen LogP contribution in [0, 0.1) is 5.82 Å². The first-order chi connectivity index (χ1) is 13.7. The molecule has 28 heavy (non-hydrogen) atoms. The Morgan fingerprint density at radius 2 is 1.89 bits per heavy atom. The lowest BCUT2D eigenvalue weighted by atomic mass is 9.78. The SMILES string of the molecule is O=C(c1ccc(NCC2(c3ccccc3F)CCCC2)nc1)N1CCOCC1. The minimum absolute atomic E-state index is 0.0130. The van der Waals surface area contributed by atoms with E-state index in [0.717, 1.165) is 31.2 Å². The lowest BCUT2D eigenvalue weighted by molar-refractivity contribution is 0.0302. The Morgan fingerprint density at radius 1 is 1.14 bits per heavy atom. The Morgan fingerprint density at radius 3 is 2.57 bits per heavy atom. The van der Waals surface area contributed by atoms with E-state index >= 15 is 0 Å². The predicted octanol–water partition coefficient (Wildman–Crippen LogP) is 3.62. The number of nitrogens with zero attached hydrogens (tertiary/aromatic N) is 2. The Balaban J connectivity index is 1.44. The van der Waals surface area contributed by atoms with Gasteiger partial charge in [0.2, 0.25) is 0 Å². The van der Waals surface area contributed by atoms with Crippen molar-refractivity contribution in [3.63, 3.8) is 0 Å². The van der Waals surface area contributed by atoms with Gasteiger partial charge in [-0.3, -0.25) is 4.79 Å². The van der Waals surface area contributed by atoms with E-state index in [-0.39, 0.29) is 17.1 Å². The van der Waals surface area contributed by atoms with Gasteiger partial charge in [0.15, 0.2) is 0 Å². The highest BCUT2D eigenvalue weighted by atomic mass is 19.1. The minimum Gasteiger partial charge on any atom is -0.378 e. The molecule has 1 saturated carbocycles. The van der Waals surface area contributed by atoms with Crippen molar-refractivity contribution in [1.29, 1.82) is 0 Å². The van der Waals surface area contributed by atoms with E-state index in [1.165, 1.54) is 0 Å². The molecule has 0 spiro atoms. The maximum atomic E-state index is 14.4. The molecule has 1 N–H and O–H groups in total. The zero-order valence-corrected chi connectivity index (χ0v) is 16.0. The largest absolute Gasteiger partial charge is 0.378 e. The Labute approximate surface area is 164 Å². The normalized spacial score (nSPS) is 18.8. The molecule has 0 bridgehead atoms. The van der Waals surface area contributed by atoms with Gasteiger partial charge in [-0.05, 0) is 36.6 Å². The summed E-state index contributed by atoms with van der Waals surface area (Å²) < 4.78 is 19.7. The first kappa shape index (κ1) is 18.9. The molecule has 2 heterocycles. The summed E-state index contributed by atoms with van der Waals surface area (Å²) in [5.41, 5.74) is 1.17.